The highest BCUT2D eigenvalue weighted by molar-refractivity contribution is 8.03. The van der Waals surface area contributed by atoms with Crippen LogP contribution in [0.3, 0.4) is 0 Å². The van der Waals surface area contributed by atoms with Gasteiger partial charge in [0.15, 0.2) is 6.04 Å². The van der Waals surface area contributed by atoms with Gasteiger partial charge in [0.05, 0.1) is 6.42 Å². The molecule has 1 aromatic rings. The standard InChI is InChI=1S/C16H17N3O7S2/c1-25-16(18-10(20)5-9-3-2-4-27-9)13(23)19-11(12(21)22)8(6-26-15(17)24)7-28-14(16)19/h2-4,7,11,14H,5-6H2,1H3,(H2,17,24)(H,18,20)(H,21,22)/t11?,14-,16-/m0/s1. The van der Waals surface area contributed by atoms with Crippen LogP contribution in [0.5, 0.6) is 0 Å². The zero-order valence-corrected chi connectivity index (χ0v) is 16.2. The Morgan fingerprint density at radius 1 is 1.43 bits per heavy atom. The first-order chi connectivity index (χ1) is 13.3. The molecule has 12 heteroatoms. The number of nitrogens with one attached hydrogen (secondary N) is 1. The summed E-state index contributed by atoms with van der Waals surface area (Å²) in [6, 6.07) is 2.25. The third kappa shape index (κ3) is 3.45. The summed E-state index contributed by atoms with van der Waals surface area (Å²) in [5.41, 5.74) is 3.44. The van der Waals surface area contributed by atoms with Crippen LogP contribution in [0, 0.1) is 0 Å². The smallest absolute Gasteiger partial charge is 0.404 e. The molecule has 0 bridgehead atoms. The van der Waals surface area contributed by atoms with Gasteiger partial charge in [-0.25, -0.2) is 9.59 Å². The lowest BCUT2D eigenvalue weighted by Gasteiger charge is -2.57. The second-order valence-electron chi connectivity index (χ2n) is 5.99. The summed E-state index contributed by atoms with van der Waals surface area (Å²) in [5, 5.41) is 14.7. The summed E-state index contributed by atoms with van der Waals surface area (Å²) < 4.78 is 10.0. The van der Waals surface area contributed by atoms with E-state index in [4.69, 9.17) is 10.5 Å². The largest absolute Gasteiger partial charge is 0.479 e. The third-order valence-electron chi connectivity index (χ3n) is 4.31. The van der Waals surface area contributed by atoms with Gasteiger partial charge in [0, 0.05) is 17.6 Å². The number of ether oxygens (including phenoxy) is 2. The molecule has 1 unspecified atom stereocenters. The van der Waals surface area contributed by atoms with Gasteiger partial charge < -0.3 is 30.5 Å². The molecule has 1 fully saturated rings. The van der Waals surface area contributed by atoms with Crippen molar-refractivity contribution in [1.29, 1.82) is 0 Å². The van der Waals surface area contributed by atoms with Crippen molar-refractivity contribution >= 4 is 47.0 Å². The number of thiophene rings is 1. The minimum Gasteiger partial charge on any atom is -0.479 e. The number of carboxylic acids is 1. The number of β-lactam (4-membered cyclic amide) rings is 1. The summed E-state index contributed by atoms with van der Waals surface area (Å²) in [5.74, 6) is -2.41. The highest BCUT2D eigenvalue weighted by Crippen LogP contribution is 2.46. The first-order valence-electron chi connectivity index (χ1n) is 8.01. The van der Waals surface area contributed by atoms with E-state index in [1.807, 2.05) is 11.4 Å². The Hall–Kier alpha value is -2.57. The molecule has 150 valence electrons. The number of fused-ring (bicyclic) bond motifs is 1. The Morgan fingerprint density at radius 2 is 2.18 bits per heavy atom. The lowest BCUT2D eigenvalue weighted by atomic mass is 9.94. The van der Waals surface area contributed by atoms with Crippen molar-refractivity contribution in [2.75, 3.05) is 13.7 Å². The number of hydrogen-bond acceptors (Lipinski definition) is 8. The van der Waals surface area contributed by atoms with Crippen molar-refractivity contribution in [2.24, 2.45) is 5.73 Å². The maximum atomic E-state index is 12.8. The van der Waals surface area contributed by atoms with E-state index in [0.717, 1.165) is 21.5 Å². The van der Waals surface area contributed by atoms with Crippen LogP contribution in [0.4, 0.5) is 4.79 Å². The molecule has 0 aliphatic carbocycles. The summed E-state index contributed by atoms with van der Waals surface area (Å²) in [7, 11) is 1.27. The van der Waals surface area contributed by atoms with Crippen LogP contribution < -0.4 is 11.1 Å². The second kappa shape index (κ2) is 7.81. The van der Waals surface area contributed by atoms with Crippen molar-refractivity contribution in [3.05, 3.63) is 33.4 Å². The molecule has 28 heavy (non-hydrogen) atoms. The fourth-order valence-corrected chi connectivity index (χ4v) is 5.07. The van der Waals surface area contributed by atoms with E-state index in [2.05, 4.69) is 10.1 Å². The number of rotatable bonds is 7. The van der Waals surface area contributed by atoms with E-state index in [0.29, 0.717) is 0 Å². The van der Waals surface area contributed by atoms with Crippen molar-refractivity contribution in [1.82, 2.24) is 10.2 Å². The summed E-state index contributed by atoms with van der Waals surface area (Å²) >= 11 is 2.49. The van der Waals surface area contributed by atoms with E-state index in [1.165, 1.54) is 23.9 Å². The number of carboxylic acid groups (broad SMARTS) is 1. The average Bonchev–Trinajstić information content (AvgIpc) is 3.15. The van der Waals surface area contributed by atoms with Crippen molar-refractivity contribution < 1.29 is 33.8 Å². The normalized spacial score (nSPS) is 26.0. The quantitative estimate of drug-likeness (QED) is 0.410. The lowest BCUT2D eigenvalue weighted by molar-refractivity contribution is -0.201. The molecule has 2 aliphatic heterocycles. The van der Waals surface area contributed by atoms with Crippen LogP contribution in [0.15, 0.2) is 28.5 Å². The van der Waals surface area contributed by atoms with Gasteiger partial charge in [-0.3, -0.25) is 9.59 Å². The number of nitrogens with zero attached hydrogens (tertiary/aromatic N) is 1. The maximum absolute atomic E-state index is 12.8. The van der Waals surface area contributed by atoms with E-state index >= 15 is 0 Å². The van der Waals surface area contributed by atoms with Crippen LogP contribution in [0.1, 0.15) is 4.88 Å². The third-order valence-corrected chi connectivity index (χ3v) is 6.44. The molecule has 3 rings (SSSR count). The first kappa shape index (κ1) is 20.2. The number of hydrogen-bond donors (Lipinski definition) is 3. The Bertz CT molecular complexity index is 841. The number of aliphatic carboxylic acids is 1. The van der Waals surface area contributed by atoms with Gasteiger partial charge in [-0.15, -0.1) is 23.1 Å². The van der Waals surface area contributed by atoms with Gasteiger partial charge in [0.25, 0.3) is 11.6 Å². The SMILES string of the molecule is CO[C@@]1(NC(=O)Cc2cccs2)C(=O)N2C(C(=O)O)C(COC(N)=O)=CS[C@H]21. The summed E-state index contributed by atoms with van der Waals surface area (Å²) in [6.07, 6.45) is -0.984. The minimum atomic E-state index is -1.67. The van der Waals surface area contributed by atoms with Crippen LogP contribution >= 0.6 is 23.1 Å². The Labute approximate surface area is 167 Å². The molecule has 0 aromatic carbocycles. The molecule has 1 aromatic heterocycles. The van der Waals surface area contributed by atoms with Gasteiger partial charge in [0.2, 0.25) is 5.91 Å². The fourth-order valence-electron chi connectivity index (χ4n) is 3.06. The fraction of sp³-hybridized carbons (Fsp3) is 0.375. The molecule has 3 heterocycles. The Balaban J connectivity index is 1.79. The molecule has 2 aliphatic rings. The van der Waals surface area contributed by atoms with Crippen LogP contribution in [-0.4, -0.2) is 64.7 Å². The average molecular weight is 427 g/mol. The molecular formula is C16H17N3O7S2. The number of nitrogens with two attached hydrogens (primary N) is 1. The van der Waals surface area contributed by atoms with Crippen molar-refractivity contribution in [3.63, 3.8) is 0 Å². The Kier molecular flexibility index (Phi) is 5.63. The van der Waals surface area contributed by atoms with E-state index < -0.39 is 41.0 Å². The molecule has 0 saturated carbocycles. The molecular weight excluding hydrogens is 410 g/mol. The molecule has 3 atom stereocenters. The van der Waals surface area contributed by atoms with Gasteiger partial charge >= 0.3 is 12.1 Å². The topological polar surface area (TPSA) is 148 Å². The zero-order chi connectivity index (χ0) is 20.5. The zero-order valence-electron chi connectivity index (χ0n) is 14.6. The number of carbonyl (C=O) groups is 4. The lowest BCUT2D eigenvalue weighted by Crippen LogP contribution is -2.83. The molecule has 0 radical (unpaired) electrons. The molecule has 1 saturated heterocycles. The summed E-state index contributed by atoms with van der Waals surface area (Å²) in [4.78, 5) is 49.7. The molecule has 0 spiro atoms. The Morgan fingerprint density at radius 3 is 2.75 bits per heavy atom. The number of amides is 3. The molecule has 10 nitrogen and oxygen atoms in total. The maximum Gasteiger partial charge on any atom is 0.404 e. The predicted octanol–water partition coefficient (Wildman–Crippen LogP) is 0.0970. The minimum absolute atomic E-state index is 0.0728. The first-order valence-corrected chi connectivity index (χ1v) is 9.83. The van der Waals surface area contributed by atoms with E-state index in [-0.39, 0.29) is 18.6 Å². The number of thioether (sulfide) groups is 1. The molecule has 3 amide bonds. The highest BCUT2D eigenvalue weighted by atomic mass is 32.2. The van der Waals surface area contributed by atoms with Crippen molar-refractivity contribution in [3.8, 4) is 0 Å². The van der Waals surface area contributed by atoms with Gasteiger partial charge in [0.1, 0.15) is 12.0 Å². The van der Waals surface area contributed by atoms with Crippen molar-refractivity contribution in [2.45, 2.75) is 23.6 Å². The van der Waals surface area contributed by atoms with Gasteiger partial charge in [-0.2, -0.15) is 0 Å². The predicted molar refractivity (Wildman–Crippen MR) is 99.2 cm³/mol. The van der Waals surface area contributed by atoms with Gasteiger partial charge in [-0.05, 0) is 16.9 Å². The van der Waals surface area contributed by atoms with E-state index in [9.17, 15) is 24.3 Å². The van der Waals surface area contributed by atoms with Crippen LogP contribution in [-0.2, 0) is 30.3 Å². The second-order valence-corrected chi connectivity index (χ2v) is 7.97. The van der Waals surface area contributed by atoms with Crippen LogP contribution in [0.25, 0.3) is 0 Å². The molecule has 4 N–H and O–H groups in total. The summed E-state index contributed by atoms with van der Waals surface area (Å²) in [6.45, 7) is -0.361. The number of methoxy groups -OCH3 is 1. The van der Waals surface area contributed by atoms with Gasteiger partial charge in [-0.1, -0.05) is 6.07 Å². The highest BCUT2D eigenvalue weighted by Gasteiger charge is 2.67. The monoisotopic (exact) mass is 427 g/mol. The van der Waals surface area contributed by atoms with Crippen LogP contribution in [0.2, 0.25) is 0 Å². The number of carbonyl (C=O) groups excluding carboxylic acids is 3. The van der Waals surface area contributed by atoms with E-state index in [1.54, 1.807) is 6.07 Å². The number of primary amides is 1.